The second-order valence-corrected chi connectivity index (χ2v) is 3.99. The minimum Gasteiger partial charge on any atom is -0.493 e. The molecule has 1 aromatic heterocycles. The van der Waals surface area contributed by atoms with E-state index in [-0.39, 0.29) is 11.7 Å². The highest BCUT2D eigenvalue weighted by Crippen LogP contribution is 2.20. The molecule has 0 fully saturated rings. The maximum atomic E-state index is 10.6. The summed E-state index contributed by atoms with van der Waals surface area (Å²) < 4.78 is 10.1. The van der Waals surface area contributed by atoms with Crippen LogP contribution in [0.2, 0.25) is 0 Å². The molecule has 0 aliphatic heterocycles. The van der Waals surface area contributed by atoms with Crippen molar-refractivity contribution in [3.8, 4) is 11.8 Å². The van der Waals surface area contributed by atoms with Crippen LogP contribution < -0.4 is 9.47 Å². The van der Waals surface area contributed by atoms with Crippen molar-refractivity contribution < 1.29 is 14.4 Å². The lowest BCUT2D eigenvalue weighted by Gasteiger charge is -2.04. The first-order valence-corrected chi connectivity index (χ1v) is 6.01. The average molecular weight is 287 g/mol. The van der Waals surface area contributed by atoms with Gasteiger partial charge in [0.1, 0.15) is 5.69 Å². The highest BCUT2D eigenvalue weighted by molar-refractivity contribution is 5.70. The molecule has 0 aliphatic rings. The van der Waals surface area contributed by atoms with Gasteiger partial charge < -0.3 is 9.47 Å². The Hall–Kier alpha value is -2.96. The van der Waals surface area contributed by atoms with Crippen molar-refractivity contribution >= 4 is 17.8 Å². The normalized spacial score (nSPS) is 10.6. The molecule has 0 spiro atoms. The SMILES string of the molecule is COc1ncc(OC)c(C=Cc2ccc([N+](=O)[O-])cc2)n1. The number of nitrogens with zero attached hydrogens (tertiary/aromatic N) is 3. The second-order valence-electron chi connectivity index (χ2n) is 3.99. The fourth-order valence-electron chi connectivity index (χ4n) is 1.62. The van der Waals surface area contributed by atoms with Gasteiger partial charge in [-0.15, -0.1) is 0 Å². The van der Waals surface area contributed by atoms with Gasteiger partial charge in [-0.1, -0.05) is 6.08 Å². The lowest BCUT2D eigenvalue weighted by Crippen LogP contribution is -1.96. The van der Waals surface area contributed by atoms with Gasteiger partial charge in [0.05, 0.1) is 25.3 Å². The zero-order chi connectivity index (χ0) is 15.2. The van der Waals surface area contributed by atoms with E-state index in [0.717, 1.165) is 5.56 Å². The van der Waals surface area contributed by atoms with Gasteiger partial charge in [0.15, 0.2) is 5.75 Å². The van der Waals surface area contributed by atoms with E-state index in [9.17, 15) is 10.1 Å². The Morgan fingerprint density at radius 1 is 1.14 bits per heavy atom. The molecule has 1 aromatic carbocycles. The topological polar surface area (TPSA) is 87.4 Å². The van der Waals surface area contributed by atoms with Crippen LogP contribution >= 0.6 is 0 Å². The standard InChI is InChI=1S/C14H13N3O4/c1-20-13-9-15-14(21-2)16-12(13)8-5-10-3-6-11(7-4-10)17(18)19/h3-9H,1-2H3. The van der Waals surface area contributed by atoms with Crippen molar-refractivity contribution in [1.29, 1.82) is 0 Å². The summed E-state index contributed by atoms with van der Waals surface area (Å²) in [7, 11) is 3.00. The van der Waals surface area contributed by atoms with Crippen LogP contribution in [0.5, 0.6) is 11.8 Å². The average Bonchev–Trinajstić information content (AvgIpc) is 2.52. The maximum Gasteiger partial charge on any atom is 0.316 e. The Bertz CT molecular complexity index is 668. The molecule has 7 nitrogen and oxygen atoms in total. The number of methoxy groups -OCH3 is 2. The summed E-state index contributed by atoms with van der Waals surface area (Å²) in [5.74, 6) is 0.508. The quantitative estimate of drug-likeness (QED) is 0.620. The van der Waals surface area contributed by atoms with Crippen molar-refractivity contribution in [2.45, 2.75) is 0 Å². The third-order valence-electron chi connectivity index (χ3n) is 2.70. The predicted molar refractivity (Wildman–Crippen MR) is 77.2 cm³/mol. The highest BCUT2D eigenvalue weighted by Gasteiger charge is 2.06. The van der Waals surface area contributed by atoms with Gasteiger partial charge in [0, 0.05) is 12.1 Å². The van der Waals surface area contributed by atoms with Crippen molar-refractivity contribution in [2.24, 2.45) is 0 Å². The van der Waals surface area contributed by atoms with Crippen LogP contribution in [-0.2, 0) is 0 Å². The van der Waals surface area contributed by atoms with E-state index >= 15 is 0 Å². The van der Waals surface area contributed by atoms with Crippen LogP contribution in [0.15, 0.2) is 30.5 Å². The minimum atomic E-state index is -0.439. The summed E-state index contributed by atoms with van der Waals surface area (Å²) in [6.45, 7) is 0. The fraction of sp³-hybridized carbons (Fsp3) is 0.143. The zero-order valence-corrected chi connectivity index (χ0v) is 11.5. The maximum absolute atomic E-state index is 10.6. The molecule has 1 heterocycles. The van der Waals surface area contributed by atoms with Gasteiger partial charge in [-0.05, 0) is 23.8 Å². The van der Waals surface area contributed by atoms with Gasteiger partial charge in [0.2, 0.25) is 0 Å². The van der Waals surface area contributed by atoms with Crippen LogP contribution in [-0.4, -0.2) is 29.1 Å². The summed E-state index contributed by atoms with van der Waals surface area (Å²) in [5, 5.41) is 10.6. The van der Waals surface area contributed by atoms with Gasteiger partial charge in [-0.2, -0.15) is 9.97 Å². The fourth-order valence-corrected chi connectivity index (χ4v) is 1.62. The van der Waals surface area contributed by atoms with Gasteiger partial charge >= 0.3 is 6.01 Å². The molecule has 108 valence electrons. The van der Waals surface area contributed by atoms with Crippen molar-refractivity contribution in [3.63, 3.8) is 0 Å². The van der Waals surface area contributed by atoms with Crippen LogP contribution in [0.25, 0.3) is 12.2 Å². The number of hydrogen-bond acceptors (Lipinski definition) is 6. The Kier molecular flexibility index (Phi) is 4.45. The number of benzene rings is 1. The lowest BCUT2D eigenvalue weighted by atomic mass is 10.2. The molecule has 0 N–H and O–H groups in total. The largest absolute Gasteiger partial charge is 0.493 e. The van der Waals surface area contributed by atoms with E-state index in [4.69, 9.17) is 9.47 Å². The van der Waals surface area contributed by atoms with E-state index in [1.807, 2.05) is 0 Å². The van der Waals surface area contributed by atoms with E-state index in [1.165, 1.54) is 32.5 Å². The van der Waals surface area contributed by atoms with Crippen LogP contribution in [0.4, 0.5) is 5.69 Å². The lowest BCUT2D eigenvalue weighted by molar-refractivity contribution is -0.384. The number of nitro groups is 1. The molecule has 0 aliphatic carbocycles. The molecule has 0 saturated carbocycles. The molecule has 0 atom stereocenters. The Morgan fingerprint density at radius 2 is 1.86 bits per heavy atom. The summed E-state index contributed by atoms with van der Waals surface area (Å²) in [6, 6.07) is 6.42. The first kappa shape index (κ1) is 14.4. The molecule has 7 heteroatoms. The number of ether oxygens (including phenoxy) is 2. The third-order valence-corrected chi connectivity index (χ3v) is 2.70. The summed E-state index contributed by atoms with van der Waals surface area (Å²) in [5.41, 5.74) is 1.41. The van der Waals surface area contributed by atoms with Crippen molar-refractivity contribution in [2.75, 3.05) is 14.2 Å². The molecule has 0 saturated heterocycles. The smallest absolute Gasteiger partial charge is 0.316 e. The zero-order valence-electron chi connectivity index (χ0n) is 11.5. The molecular weight excluding hydrogens is 274 g/mol. The van der Waals surface area contributed by atoms with Gasteiger partial charge in [-0.3, -0.25) is 10.1 Å². The van der Waals surface area contributed by atoms with Gasteiger partial charge in [0.25, 0.3) is 5.69 Å². The van der Waals surface area contributed by atoms with E-state index < -0.39 is 4.92 Å². The Balaban J connectivity index is 2.25. The van der Waals surface area contributed by atoms with Crippen molar-refractivity contribution in [3.05, 3.63) is 51.8 Å². The number of rotatable bonds is 5. The summed E-state index contributed by atoms with van der Waals surface area (Å²) >= 11 is 0. The van der Waals surface area contributed by atoms with Crippen molar-refractivity contribution in [1.82, 2.24) is 9.97 Å². The van der Waals surface area contributed by atoms with Crippen LogP contribution in [0, 0.1) is 10.1 Å². The van der Waals surface area contributed by atoms with E-state index in [0.29, 0.717) is 11.4 Å². The predicted octanol–water partition coefficient (Wildman–Crippen LogP) is 2.57. The molecule has 0 bridgehead atoms. The summed E-state index contributed by atoms with van der Waals surface area (Å²) in [4.78, 5) is 18.3. The number of hydrogen-bond donors (Lipinski definition) is 0. The molecule has 21 heavy (non-hydrogen) atoms. The molecule has 2 rings (SSSR count). The monoisotopic (exact) mass is 287 g/mol. The third kappa shape index (κ3) is 3.53. The highest BCUT2D eigenvalue weighted by atomic mass is 16.6. The first-order valence-electron chi connectivity index (χ1n) is 6.01. The molecule has 0 radical (unpaired) electrons. The molecule has 0 unspecified atom stereocenters. The molecular formula is C14H13N3O4. The van der Waals surface area contributed by atoms with Crippen LogP contribution in [0.1, 0.15) is 11.3 Å². The second kappa shape index (κ2) is 6.47. The van der Waals surface area contributed by atoms with E-state index in [1.54, 1.807) is 24.3 Å². The number of non-ortho nitro benzene ring substituents is 1. The number of aromatic nitrogens is 2. The first-order chi connectivity index (χ1) is 10.1. The minimum absolute atomic E-state index is 0.0495. The molecule has 2 aromatic rings. The Morgan fingerprint density at radius 3 is 2.43 bits per heavy atom. The summed E-state index contributed by atoms with van der Waals surface area (Å²) in [6.07, 6.45) is 5.01. The Labute approximate surface area is 121 Å². The molecule has 0 amide bonds. The van der Waals surface area contributed by atoms with Crippen LogP contribution in [0.3, 0.4) is 0 Å². The van der Waals surface area contributed by atoms with E-state index in [2.05, 4.69) is 9.97 Å². The van der Waals surface area contributed by atoms with Gasteiger partial charge in [-0.25, -0.2) is 0 Å². The number of nitro benzene ring substituents is 1.